The smallest absolute Gasteiger partial charge is 0.269 e. The van der Waals surface area contributed by atoms with Gasteiger partial charge >= 0.3 is 0 Å². The van der Waals surface area contributed by atoms with Crippen LogP contribution in [0, 0.1) is 21.7 Å². The molecule has 0 aliphatic heterocycles. The molecule has 0 atom stereocenters. The summed E-state index contributed by atoms with van der Waals surface area (Å²) >= 11 is 1.10. The van der Waals surface area contributed by atoms with Crippen molar-refractivity contribution in [1.82, 2.24) is 14.8 Å². The van der Waals surface area contributed by atoms with Crippen LogP contribution >= 0.6 is 11.8 Å². The topological polar surface area (TPSA) is 103 Å². The third-order valence-electron chi connectivity index (χ3n) is 4.51. The number of carbonyl (C=O) groups is 1. The van der Waals surface area contributed by atoms with Crippen LogP contribution in [0.2, 0.25) is 0 Å². The Labute approximate surface area is 190 Å². The molecule has 1 heterocycles. The minimum atomic E-state index is -0.525. The summed E-state index contributed by atoms with van der Waals surface area (Å²) in [5.41, 5.74) is 1.50. The lowest BCUT2D eigenvalue weighted by Crippen LogP contribution is -2.14. The SMILES string of the molecule is O=C(CSc1nnc(-c2ccc(F)cc2)n1-c1ccc(F)cc1)Nc1ccc([N+](=O)[O-])cc1. The second kappa shape index (κ2) is 9.57. The Balaban J connectivity index is 1.55. The van der Waals surface area contributed by atoms with Gasteiger partial charge in [0.2, 0.25) is 5.91 Å². The van der Waals surface area contributed by atoms with Crippen LogP contribution in [0.4, 0.5) is 20.2 Å². The molecule has 0 bridgehead atoms. The minimum absolute atomic E-state index is 0.0280. The Morgan fingerprint density at radius 2 is 1.55 bits per heavy atom. The number of non-ortho nitro benzene ring substituents is 1. The van der Waals surface area contributed by atoms with Crippen molar-refractivity contribution in [3.8, 4) is 17.1 Å². The number of halogens is 2. The summed E-state index contributed by atoms with van der Waals surface area (Å²) in [6.07, 6.45) is 0. The molecule has 0 fully saturated rings. The lowest BCUT2D eigenvalue weighted by atomic mass is 10.2. The molecule has 4 aromatic rings. The fraction of sp³-hybridized carbons (Fsp3) is 0.0455. The number of carbonyl (C=O) groups excluding carboxylic acids is 1. The molecule has 0 saturated carbocycles. The van der Waals surface area contributed by atoms with E-state index in [2.05, 4.69) is 15.5 Å². The lowest BCUT2D eigenvalue weighted by Gasteiger charge is -2.10. The Kier molecular flexibility index (Phi) is 6.41. The molecule has 11 heteroatoms. The minimum Gasteiger partial charge on any atom is -0.325 e. The van der Waals surface area contributed by atoms with Gasteiger partial charge in [0.15, 0.2) is 11.0 Å². The zero-order valence-corrected chi connectivity index (χ0v) is 17.6. The molecule has 0 saturated heterocycles. The quantitative estimate of drug-likeness (QED) is 0.237. The first-order chi connectivity index (χ1) is 15.9. The van der Waals surface area contributed by atoms with Gasteiger partial charge in [-0.3, -0.25) is 19.5 Å². The molecular weight excluding hydrogens is 452 g/mol. The van der Waals surface area contributed by atoms with Crippen LogP contribution in [0.3, 0.4) is 0 Å². The van der Waals surface area contributed by atoms with E-state index >= 15 is 0 Å². The molecule has 33 heavy (non-hydrogen) atoms. The maximum absolute atomic E-state index is 13.4. The van der Waals surface area contributed by atoms with Gasteiger partial charge in [-0.15, -0.1) is 10.2 Å². The maximum atomic E-state index is 13.4. The fourth-order valence-electron chi connectivity index (χ4n) is 2.97. The summed E-state index contributed by atoms with van der Waals surface area (Å²) in [5, 5.41) is 22.1. The first-order valence-corrected chi connectivity index (χ1v) is 10.5. The Bertz CT molecular complexity index is 1290. The van der Waals surface area contributed by atoms with Crippen LogP contribution in [0.25, 0.3) is 17.1 Å². The number of nitrogens with zero attached hydrogens (tertiary/aromatic N) is 4. The molecule has 0 spiro atoms. The number of amides is 1. The van der Waals surface area contributed by atoms with Gasteiger partial charge in [-0.2, -0.15) is 0 Å². The highest BCUT2D eigenvalue weighted by Gasteiger charge is 2.18. The molecule has 0 aliphatic carbocycles. The number of thioether (sulfide) groups is 1. The highest BCUT2D eigenvalue weighted by Crippen LogP contribution is 2.28. The number of anilines is 1. The predicted octanol–water partition coefficient (Wildman–Crippen LogP) is 4.85. The highest BCUT2D eigenvalue weighted by atomic mass is 32.2. The average Bonchev–Trinajstić information content (AvgIpc) is 3.23. The zero-order chi connectivity index (χ0) is 23.4. The second-order valence-electron chi connectivity index (χ2n) is 6.77. The Morgan fingerprint density at radius 3 is 2.15 bits per heavy atom. The fourth-order valence-corrected chi connectivity index (χ4v) is 3.72. The summed E-state index contributed by atoms with van der Waals surface area (Å²) in [4.78, 5) is 22.6. The molecule has 1 N–H and O–H groups in total. The van der Waals surface area contributed by atoms with E-state index in [0.29, 0.717) is 27.9 Å². The van der Waals surface area contributed by atoms with E-state index in [4.69, 9.17) is 0 Å². The molecule has 8 nitrogen and oxygen atoms in total. The van der Waals surface area contributed by atoms with Crippen LogP contribution in [-0.4, -0.2) is 31.3 Å². The summed E-state index contributed by atoms with van der Waals surface area (Å²) in [6.45, 7) is 0. The molecule has 0 aliphatic rings. The van der Waals surface area contributed by atoms with Gasteiger partial charge in [-0.25, -0.2) is 8.78 Å². The third kappa shape index (κ3) is 5.21. The zero-order valence-electron chi connectivity index (χ0n) is 16.8. The van der Waals surface area contributed by atoms with Crippen molar-refractivity contribution in [2.45, 2.75) is 5.16 Å². The van der Waals surface area contributed by atoms with Gasteiger partial charge in [-0.05, 0) is 60.7 Å². The van der Waals surface area contributed by atoms with E-state index in [1.165, 1.54) is 48.5 Å². The molecule has 0 radical (unpaired) electrons. The predicted molar refractivity (Wildman–Crippen MR) is 119 cm³/mol. The molecular formula is C22H15F2N5O3S. The van der Waals surface area contributed by atoms with Crippen LogP contribution in [-0.2, 0) is 4.79 Å². The summed E-state index contributed by atoms with van der Waals surface area (Å²) < 4.78 is 28.5. The number of nitrogens with one attached hydrogen (secondary N) is 1. The van der Waals surface area contributed by atoms with Crippen molar-refractivity contribution >= 4 is 29.0 Å². The first kappa shape index (κ1) is 22.1. The van der Waals surface area contributed by atoms with Crippen molar-refractivity contribution in [3.05, 3.63) is 94.5 Å². The number of hydrogen-bond acceptors (Lipinski definition) is 6. The number of aromatic nitrogens is 3. The summed E-state index contributed by atoms with van der Waals surface area (Å²) in [7, 11) is 0. The van der Waals surface area contributed by atoms with Crippen LogP contribution in [0.1, 0.15) is 0 Å². The van der Waals surface area contributed by atoms with E-state index < -0.39 is 16.6 Å². The number of benzene rings is 3. The Morgan fingerprint density at radius 1 is 0.939 bits per heavy atom. The number of hydrogen-bond donors (Lipinski definition) is 1. The van der Waals surface area contributed by atoms with Gasteiger partial charge in [0.25, 0.3) is 5.69 Å². The lowest BCUT2D eigenvalue weighted by molar-refractivity contribution is -0.384. The van der Waals surface area contributed by atoms with Crippen molar-refractivity contribution < 1.29 is 18.5 Å². The normalized spacial score (nSPS) is 10.7. The van der Waals surface area contributed by atoms with E-state index in [-0.39, 0.29) is 17.3 Å². The van der Waals surface area contributed by atoms with Crippen LogP contribution in [0.5, 0.6) is 0 Å². The maximum Gasteiger partial charge on any atom is 0.269 e. The first-order valence-electron chi connectivity index (χ1n) is 9.55. The highest BCUT2D eigenvalue weighted by molar-refractivity contribution is 7.99. The van der Waals surface area contributed by atoms with Crippen molar-refractivity contribution in [1.29, 1.82) is 0 Å². The summed E-state index contributed by atoms with van der Waals surface area (Å²) in [6, 6.07) is 16.8. The van der Waals surface area contributed by atoms with E-state index in [1.807, 2.05) is 0 Å². The van der Waals surface area contributed by atoms with E-state index in [1.54, 1.807) is 28.8 Å². The number of rotatable bonds is 7. The number of nitro benzene ring substituents is 1. The van der Waals surface area contributed by atoms with Gasteiger partial charge in [0.1, 0.15) is 11.6 Å². The molecule has 166 valence electrons. The monoisotopic (exact) mass is 467 g/mol. The second-order valence-corrected chi connectivity index (χ2v) is 7.71. The van der Waals surface area contributed by atoms with Crippen molar-refractivity contribution in [3.63, 3.8) is 0 Å². The number of nitro groups is 1. The van der Waals surface area contributed by atoms with Crippen LogP contribution in [0.15, 0.2) is 78.0 Å². The largest absolute Gasteiger partial charge is 0.325 e. The van der Waals surface area contributed by atoms with E-state index in [0.717, 1.165) is 11.8 Å². The van der Waals surface area contributed by atoms with E-state index in [9.17, 15) is 23.7 Å². The molecule has 0 unspecified atom stereocenters. The van der Waals surface area contributed by atoms with Gasteiger partial charge in [0, 0.05) is 29.1 Å². The van der Waals surface area contributed by atoms with Crippen molar-refractivity contribution in [2.24, 2.45) is 0 Å². The van der Waals surface area contributed by atoms with Gasteiger partial charge in [0.05, 0.1) is 10.7 Å². The third-order valence-corrected chi connectivity index (χ3v) is 5.44. The standard InChI is InChI=1S/C22H15F2N5O3S/c23-15-3-1-14(2-4-15)21-26-27-22(28(21)18-9-5-16(24)6-10-18)33-13-20(30)25-17-7-11-19(12-8-17)29(31)32/h1-12H,13H2,(H,25,30). The van der Waals surface area contributed by atoms with Gasteiger partial charge < -0.3 is 5.32 Å². The summed E-state index contributed by atoms with van der Waals surface area (Å²) in [5.74, 6) is -0.790. The Hall–Kier alpha value is -4.12. The van der Waals surface area contributed by atoms with Gasteiger partial charge in [-0.1, -0.05) is 11.8 Å². The average molecular weight is 467 g/mol. The van der Waals surface area contributed by atoms with Crippen molar-refractivity contribution in [2.75, 3.05) is 11.1 Å². The molecule has 1 aromatic heterocycles. The molecule has 3 aromatic carbocycles. The molecule has 1 amide bonds. The molecule has 4 rings (SSSR count). The van der Waals surface area contributed by atoms with Crippen LogP contribution < -0.4 is 5.32 Å².